The highest BCUT2D eigenvalue weighted by molar-refractivity contribution is 7.85. The Morgan fingerprint density at radius 1 is 0.800 bits per heavy atom. The van der Waals surface area contributed by atoms with Crippen LogP contribution in [-0.4, -0.2) is 42.3 Å². The Morgan fingerprint density at radius 2 is 1.14 bits per heavy atom. The minimum atomic E-state index is -2.47. The predicted molar refractivity (Wildman–Crippen MR) is 138 cm³/mol. The van der Waals surface area contributed by atoms with E-state index >= 15 is 0 Å². The van der Waals surface area contributed by atoms with Crippen LogP contribution in [0.1, 0.15) is 106 Å². The van der Waals surface area contributed by atoms with Gasteiger partial charge in [0.2, 0.25) is 11.8 Å². The van der Waals surface area contributed by atoms with Gasteiger partial charge in [-0.15, -0.1) is 0 Å². The lowest BCUT2D eigenvalue weighted by Crippen LogP contribution is -2.27. The number of rotatable bonds is 5. The van der Waals surface area contributed by atoms with Crippen molar-refractivity contribution in [3.05, 3.63) is 0 Å². The van der Waals surface area contributed by atoms with Gasteiger partial charge in [-0.25, -0.2) is 26.0 Å². The molecule has 0 amide bonds. The fraction of sp³-hybridized carbons (Fsp3) is 0.917. The monoisotopic (exact) mass is 548 g/mol. The first-order chi connectivity index (χ1) is 15.8. The molecule has 2 aliphatic carbocycles. The summed E-state index contributed by atoms with van der Waals surface area (Å²) in [4.78, 5) is 10.0. The second-order valence-corrected chi connectivity index (χ2v) is 15.0. The molecule has 0 spiro atoms. The third-order valence-corrected chi connectivity index (χ3v) is 8.43. The highest BCUT2D eigenvalue weighted by Gasteiger charge is 2.35. The van der Waals surface area contributed by atoms with Gasteiger partial charge in [-0.2, -0.15) is 4.40 Å². The molecule has 0 aromatic rings. The van der Waals surface area contributed by atoms with E-state index in [0.29, 0.717) is 38.5 Å². The molecule has 2 saturated carbocycles. The van der Waals surface area contributed by atoms with Crippen molar-refractivity contribution in [1.82, 2.24) is 0 Å². The number of alkyl halides is 4. The fourth-order valence-corrected chi connectivity index (χ4v) is 3.76. The van der Waals surface area contributed by atoms with Crippen molar-refractivity contribution in [2.75, 3.05) is 0 Å². The van der Waals surface area contributed by atoms with Gasteiger partial charge in [0.05, 0.1) is 20.5 Å². The van der Waals surface area contributed by atoms with E-state index in [1.807, 2.05) is 41.5 Å². The van der Waals surface area contributed by atoms with E-state index in [9.17, 15) is 30.8 Å². The fourth-order valence-electron chi connectivity index (χ4n) is 3.23. The lowest BCUT2D eigenvalue weighted by Gasteiger charge is -2.27. The number of aldehydes is 1. The molecule has 2 rings (SSSR count). The standard InChI is InChI=1S/C12H21F2NOS.C8H12F2O.C4H11NOS/c1-11(2,3)17(16)15-9-6-10-4-7-12(13,14)8-5-10;9-8(10)4-1-7(2-5-8)3-6-11;1-4(2,3)7(5)6/h9-10H,4-8H2,1-3H3;6-7H,1-5H2;5H2,1-3H3/t17-;;7-/m1.1/s1. The van der Waals surface area contributed by atoms with Gasteiger partial charge >= 0.3 is 0 Å². The largest absolute Gasteiger partial charge is 0.303 e. The molecule has 0 aromatic carbocycles. The zero-order valence-electron chi connectivity index (χ0n) is 22.0. The van der Waals surface area contributed by atoms with Crippen molar-refractivity contribution < 1.29 is 30.8 Å². The van der Waals surface area contributed by atoms with Crippen LogP contribution >= 0.6 is 0 Å². The highest BCUT2D eigenvalue weighted by Crippen LogP contribution is 2.37. The van der Waals surface area contributed by atoms with E-state index in [1.54, 1.807) is 6.21 Å². The summed E-state index contributed by atoms with van der Waals surface area (Å²) in [6, 6.07) is 0. The molecule has 2 aliphatic rings. The second kappa shape index (κ2) is 14.9. The van der Waals surface area contributed by atoms with E-state index in [1.165, 1.54) is 0 Å². The summed E-state index contributed by atoms with van der Waals surface area (Å²) in [7, 11) is -2.42. The first-order valence-electron chi connectivity index (χ1n) is 12.1. The summed E-state index contributed by atoms with van der Waals surface area (Å²) in [5.41, 5.74) is 0. The molecule has 0 radical (unpaired) electrons. The van der Waals surface area contributed by atoms with Crippen LogP contribution in [-0.2, 0) is 26.8 Å². The Labute approximate surface area is 213 Å². The first kappa shape index (κ1) is 34.3. The summed E-state index contributed by atoms with van der Waals surface area (Å²) in [5, 5.41) is 5.04. The zero-order valence-corrected chi connectivity index (χ0v) is 23.6. The summed E-state index contributed by atoms with van der Waals surface area (Å²) in [6.07, 6.45) is 5.58. The minimum Gasteiger partial charge on any atom is -0.303 e. The Hall–Kier alpha value is -0.680. The molecule has 2 atom stereocenters. The Morgan fingerprint density at radius 3 is 1.43 bits per heavy atom. The van der Waals surface area contributed by atoms with Crippen molar-refractivity contribution in [2.24, 2.45) is 21.4 Å². The summed E-state index contributed by atoms with van der Waals surface area (Å²) in [6.45, 7) is 11.1. The third kappa shape index (κ3) is 16.6. The van der Waals surface area contributed by atoms with Crippen LogP contribution in [0.2, 0.25) is 0 Å². The van der Waals surface area contributed by atoms with Crippen LogP contribution in [0.25, 0.3) is 0 Å². The van der Waals surface area contributed by atoms with Crippen molar-refractivity contribution in [3.63, 3.8) is 0 Å². The van der Waals surface area contributed by atoms with Gasteiger partial charge < -0.3 is 4.79 Å². The van der Waals surface area contributed by atoms with E-state index in [2.05, 4.69) is 4.40 Å². The zero-order chi connectivity index (χ0) is 27.5. The van der Waals surface area contributed by atoms with E-state index in [4.69, 9.17) is 5.14 Å². The van der Waals surface area contributed by atoms with Gasteiger partial charge in [0.1, 0.15) is 17.3 Å². The Bertz CT molecular complexity index is 701. The average Bonchev–Trinajstić information content (AvgIpc) is 2.70. The molecule has 0 aromatic heterocycles. The SMILES string of the molecule is CC(C)(C)[S@@](=O)N=CCC1CCC(F)(F)CC1.CC(C)(C)[S@](N)=O.O=CCC1CCC(F)(F)CC1. The normalized spacial score (nSPS) is 22.8. The average molecular weight is 549 g/mol. The Kier molecular flexibility index (Phi) is 14.6. The van der Waals surface area contributed by atoms with Crippen LogP contribution < -0.4 is 5.14 Å². The van der Waals surface area contributed by atoms with Gasteiger partial charge in [-0.3, -0.25) is 5.14 Å². The van der Waals surface area contributed by atoms with Crippen molar-refractivity contribution >= 4 is 34.5 Å². The van der Waals surface area contributed by atoms with Gasteiger partial charge in [0.25, 0.3) is 0 Å². The van der Waals surface area contributed by atoms with E-state index in [0.717, 1.165) is 6.29 Å². The third-order valence-electron chi connectivity index (χ3n) is 5.84. The molecule has 5 nitrogen and oxygen atoms in total. The molecule has 208 valence electrons. The van der Waals surface area contributed by atoms with Crippen LogP contribution in [0.3, 0.4) is 0 Å². The number of hydrogen-bond acceptors (Lipinski definition) is 3. The van der Waals surface area contributed by atoms with Crippen molar-refractivity contribution in [2.45, 2.75) is 127 Å². The maximum absolute atomic E-state index is 12.9. The molecular formula is C24H44F4N2O3S2. The lowest BCUT2D eigenvalue weighted by molar-refractivity contribution is -0.110. The van der Waals surface area contributed by atoms with Crippen LogP contribution in [0, 0.1) is 11.8 Å². The Balaban J connectivity index is 0.000000550. The van der Waals surface area contributed by atoms with Crippen molar-refractivity contribution in [1.29, 1.82) is 0 Å². The predicted octanol–water partition coefficient (Wildman–Crippen LogP) is 6.54. The molecule has 0 bridgehead atoms. The molecule has 35 heavy (non-hydrogen) atoms. The number of carbonyl (C=O) groups is 1. The van der Waals surface area contributed by atoms with Gasteiger partial charge in [-0.05, 0) is 85.5 Å². The molecule has 2 N–H and O–H groups in total. The van der Waals surface area contributed by atoms with Gasteiger partial charge in [0, 0.05) is 38.3 Å². The molecule has 0 heterocycles. The smallest absolute Gasteiger partial charge is 0.248 e. The number of hydrogen-bond donors (Lipinski definition) is 1. The van der Waals surface area contributed by atoms with Crippen LogP contribution in [0.5, 0.6) is 0 Å². The maximum atomic E-state index is 12.9. The quantitative estimate of drug-likeness (QED) is 0.240. The lowest BCUT2D eigenvalue weighted by atomic mass is 9.85. The number of nitrogens with zero attached hydrogens (tertiary/aromatic N) is 1. The van der Waals surface area contributed by atoms with Crippen LogP contribution in [0.15, 0.2) is 4.40 Å². The summed E-state index contributed by atoms with van der Waals surface area (Å²) >= 11 is 0. The maximum Gasteiger partial charge on any atom is 0.248 e. The topological polar surface area (TPSA) is 89.6 Å². The number of nitrogens with two attached hydrogens (primary N) is 1. The summed E-state index contributed by atoms with van der Waals surface area (Å²) < 4.78 is 76.2. The highest BCUT2D eigenvalue weighted by atomic mass is 32.2. The molecule has 2 fully saturated rings. The molecule has 0 saturated heterocycles. The molecule has 0 unspecified atom stereocenters. The van der Waals surface area contributed by atoms with E-state index in [-0.39, 0.29) is 47.0 Å². The van der Waals surface area contributed by atoms with Gasteiger partial charge in [0.15, 0.2) is 0 Å². The molecular weight excluding hydrogens is 504 g/mol. The van der Waals surface area contributed by atoms with E-state index < -0.39 is 33.8 Å². The minimum absolute atomic E-state index is 0.0200. The summed E-state index contributed by atoms with van der Waals surface area (Å²) in [5.74, 6) is -4.44. The number of carbonyl (C=O) groups excluding carboxylic acids is 1. The first-order valence-corrected chi connectivity index (χ1v) is 14.4. The van der Waals surface area contributed by atoms with Gasteiger partial charge in [-0.1, -0.05) is 0 Å². The van der Waals surface area contributed by atoms with Crippen molar-refractivity contribution in [3.8, 4) is 0 Å². The number of halogens is 4. The second-order valence-electron chi connectivity index (χ2n) is 11.3. The molecule has 0 aliphatic heterocycles. The van der Waals surface area contributed by atoms with Crippen LogP contribution in [0.4, 0.5) is 17.6 Å². The molecule has 11 heteroatoms.